The van der Waals surface area contributed by atoms with Crippen LogP contribution in [0.4, 0.5) is 0 Å². The van der Waals surface area contributed by atoms with Gasteiger partial charge in [0.25, 0.3) is 5.91 Å². The molecule has 1 saturated carbocycles. The number of ether oxygens (including phenoxy) is 1. The van der Waals surface area contributed by atoms with Gasteiger partial charge >= 0.3 is 5.97 Å². The van der Waals surface area contributed by atoms with Crippen LogP contribution in [0.15, 0.2) is 36.4 Å². The first-order chi connectivity index (χ1) is 22.6. The Morgan fingerprint density at radius 3 is 2.42 bits per heavy atom. The molecule has 1 aliphatic heterocycles. The molecule has 2 fully saturated rings. The molecule has 14 heteroatoms. The molecule has 1 aromatic heterocycles. The molecule has 4 unspecified atom stereocenters. The third kappa shape index (κ3) is 9.81. The molecule has 11 nitrogen and oxygen atoms in total. The van der Waals surface area contributed by atoms with Gasteiger partial charge in [-0.05, 0) is 63.1 Å². The highest BCUT2D eigenvalue weighted by Crippen LogP contribution is 2.40. The molecule has 48 heavy (non-hydrogen) atoms. The number of halogens is 3. The number of aromatic nitrogens is 1. The predicted octanol–water partition coefficient (Wildman–Crippen LogP) is 4.92. The summed E-state index contributed by atoms with van der Waals surface area (Å²) >= 11 is 17.0. The third-order valence-corrected chi connectivity index (χ3v) is 9.12. The molecule has 0 spiro atoms. The molecule has 4 rings (SSSR count). The predicted molar refractivity (Wildman–Crippen MR) is 186 cm³/mol. The summed E-state index contributed by atoms with van der Waals surface area (Å²) < 4.78 is 3.30. The average molecular weight is 725 g/mol. The van der Waals surface area contributed by atoms with E-state index in [9.17, 15) is 24.3 Å². The lowest BCUT2D eigenvalue weighted by molar-refractivity contribution is -0.152. The lowest BCUT2D eigenvalue weighted by Crippen LogP contribution is -2.61. The van der Waals surface area contributed by atoms with Crippen molar-refractivity contribution >= 4 is 75.5 Å². The van der Waals surface area contributed by atoms with Crippen molar-refractivity contribution in [1.29, 1.82) is 0 Å². The highest BCUT2D eigenvalue weighted by molar-refractivity contribution is 6.67. The van der Waals surface area contributed by atoms with Crippen LogP contribution in [0.5, 0.6) is 0 Å². The number of nitrogens with zero attached hydrogens (tertiary/aromatic N) is 2. The second kappa shape index (κ2) is 16.2. The monoisotopic (exact) mass is 723 g/mol. The highest BCUT2D eigenvalue weighted by Gasteiger charge is 2.41. The van der Waals surface area contributed by atoms with E-state index in [-0.39, 0.29) is 11.8 Å². The molecule has 3 amide bonds. The first-order valence-electron chi connectivity index (χ1n) is 16.3. The summed E-state index contributed by atoms with van der Waals surface area (Å²) in [7, 11) is 0. The molecule has 1 aromatic carbocycles. The quantitative estimate of drug-likeness (QED) is 0.189. The van der Waals surface area contributed by atoms with E-state index in [4.69, 9.17) is 39.5 Å². The van der Waals surface area contributed by atoms with Gasteiger partial charge in [0.05, 0.1) is 22.7 Å². The van der Waals surface area contributed by atoms with Gasteiger partial charge in [0, 0.05) is 11.9 Å². The Morgan fingerprint density at radius 1 is 1.08 bits per heavy atom. The SMILES string of the molecule is CC(NC(=O)C(NC(=O)C1(C=Cc2ccc3ccc(C(C)O)nc3c2)CCCC1)C(C)C)C(=O)N1CCCC(C(=O)OCC(Cl)(Cl)Cl)N1. The number of aliphatic hydroxyl groups excluding tert-OH is 1. The minimum Gasteiger partial charge on any atom is -0.460 e. The first kappa shape index (κ1) is 37.9. The summed E-state index contributed by atoms with van der Waals surface area (Å²) in [5, 5.41) is 17.9. The van der Waals surface area contributed by atoms with E-state index in [2.05, 4.69) is 21.0 Å². The number of hydrogen-bond acceptors (Lipinski definition) is 8. The summed E-state index contributed by atoms with van der Waals surface area (Å²) in [6.45, 7) is 6.77. The lowest BCUT2D eigenvalue weighted by Gasteiger charge is -2.35. The number of benzene rings is 1. The first-order valence-corrected chi connectivity index (χ1v) is 17.4. The molecule has 2 aromatic rings. The van der Waals surface area contributed by atoms with Gasteiger partial charge in [-0.1, -0.05) is 91.8 Å². The van der Waals surface area contributed by atoms with Crippen LogP contribution in [0.25, 0.3) is 17.0 Å². The third-order valence-electron chi connectivity index (χ3n) is 8.79. The van der Waals surface area contributed by atoms with Crippen LogP contribution in [0.2, 0.25) is 0 Å². The Labute approximate surface area is 296 Å². The Bertz CT molecular complexity index is 1520. The van der Waals surface area contributed by atoms with Crippen molar-refractivity contribution in [3.63, 3.8) is 0 Å². The van der Waals surface area contributed by atoms with E-state index < -0.39 is 57.8 Å². The van der Waals surface area contributed by atoms with Crippen LogP contribution < -0.4 is 16.1 Å². The van der Waals surface area contributed by atoms with Crippen LogP contribution in [0.3, 0.4) is 0 Å². The topological polar surface area (TPSA) is 150 Å². The largest absolute Gasteiger partial charge is 0.460 e. The second-order valence-corrected chi connectivity index (χ2v) is 15.5. The van der Waals surface area contributed by atoms with Crippen molar-refractivity contribution in [3.8, 4) is 0 Å². The molecule has 4 atom stereocenters. The van der Waals surface area contributed by atoms with Crippen molar-refractivity contribution in [1.82, 2.24) is 26.1 Å². The molecular formula is C34H44Cl3N5O6. The van der Waals surface area contributed by atoms with Crippen molar-refractivity contribution in [2.24, 2.45) is 11.3 Å². The molecule has 0 radical (unpaired) electrons. The fourth-order valence-electron chi connectivity index (χ4n) is 6.00. The van der Waals surface area contributed by atoms with Crippen LogP contribution >= 0.6 is 34.8 Å². The second-order valence-electron chi connectivity index (χ2n) is 13.0. The maximum atomic E-state index is 13.9. The zero-order valence-corrected chi connectivity index (χ0v) is 29.9. The summed E-state index contributed by atoms with van der Waals surface area (Å²) in [5.41, 5.74) is 4.25. The number of esters is 1. The molecule has 262 valence electrons. The Morgan fingerprint density at radius 2 is 1.77 bits per heavy atom. The minimum atomic E-state index is -1.76. The Hall–Kier alpha value is -2.96. The average Bonchev–Trinajstić information content (AvgIpc) is 3.54. The van der Waals surface area contributed by atoms with E-state index in [0.29, 0.717) is 37.9 Å². The van der Waals surface area contributed by atoms with Crippen molar-refractivity contribution in [2.75, 3.05) is 13.2 Å². The summed E-state index contributed by atoms with van der Waals surface area (Å²) in [5.74, 6) is -2.10. The summed E-state index contributed by atoms with van der Waals surface area (Å²) in [4.78, 5) is 57.7. The fourth-order valence-corrected chi connectivity index (χ4v) is 6.17. The molecule has 4 N–H and O–H groups in total. The van der Waals surface area contributed by atoms with Crippen molar-refractivity contribution in [3.05, 3.63) is 47.7 Å². The zero-order valence-electron chi connectivity index (χ0n) is 27.6. The molecule has 2 aliphatic rings. The smallest absolute Gasteiger partial charge is 0.325 e. The number of hydrogen-bond donors (Lipinski definition) is 4. The maximum absolute atomic E-state index is 13.9. The van der Waals surface area contributed by atoms with Gasteiger partial charge in [0.2, 0.25) is 15.6 Å². The van der Waals surface area contributed by atoms with Crippen LogP contribution in [0.1, 0.15) is 83.6 Å². The number of nitrogens with one attached hydrogen (secondary N) is 3. The Kier molecular flexibility index (Phi) is 12.7. The molecule has 0 bridgehead atoms. The number of carbonyl (C=O) groups is 4. The number of fused-ring (bicyclic) bond motifs is 1. The number of rotatable bonds is 11. The van der Waals surface area contributed by atoms with Crippen LogP contribution in [0, 0.1) is 11.3 Å². The fraction of sp³-hybridized carbons (Fsp3) is 0.559. The Balaban J connectivity index is 1.40. The van der Waals surface area contributed by atoms with Crippen molar-refractivity contribution in [2.45, 2.75) is 94.2 Å². The zero-order chi connectivity index (χ0) is 35.2. The van der Waals surface area contributed by atoms with E-state index in [1.54, 1.807) is 19.9 Å². The van der Waals surface area contributed by atoms with E-state index in [1.807, 2.05) is 50.3 Å². The number of hydrazine groups is 1. The lowest BCUT2D eigenvalue weighted by atomic mass is 9.83. The number of alkyl halides is 3. The standard InChI is InChI=1S/C34H44Cl3N5O6/c1-20(2)28(29(44)38-21(3)30(45)42-17-7-8-26(41-42)31(46)48-19-34(35,36)37)40-32(47)33(14-5-6-15-33)16-13-23-9-10-24-11-12-25(22(4)43)39-27(24)18-23/h9-13,16,18,20-22,26,28,41,43H,5-8,14-15,17,19H2,1-4H3,(H,38,44)(H,40,47). The number of aliphatic hydroxyl groups is 1. The van der Waals surface area contributed by atoms with Crippen LogP contribution in [-0.2, 0) is 23.9 Å². The minimum absolute atomic E-state index is 0.242. The number of pyridine rings is 1. The van der Waals surface area contributed by atoms with E-state index in [0.717, 1.165) is 29.3 Å². The van der Waals surface area contributed by atoms with Gasteiger partial charge in [-0.25, -0.2) is 5.43 Å². The molecular weight excluding hydrogens is 681 g/mol. The van der Waals surface area contributed by atoms with Gasteiger partial charge in [0.15, 0.2) is 0 Å². The van der Waals surface area contributed by atoms with Gasteiger partial charge in [0.1, 0.15) is 24.7 Å². The molecule has 1 aliphatic carbocycles. The molecule has 2 heterocycles. The van der Waals surface area contributed by atoms with Gasteiger partial charge in [-0.2, -0.15) is 0 Å². The summed E-state index contributed by atoms with van der Waals surface area (Å²) in [6.07, 6.45) is 7.13. The summed E-state index contributed by atoms with van der Waals surface area (Å²) in [6, 6.07) is 6.90. The highest BCUT2D eigenvalue weighted by atomic mass is 35.6. The van der Waals surface area contributed by atoms with Gasteiger partial charge < -0.3 is 20.5 Å². The van der Waals surface area contributed by atoms with Gasteiger partial charge in [-0.3, -0.25) is 29.2 Å². The van der Waals surface area contributed by atoms with E-state index in [1.165, 1.54) is 5.01 Å². The molecule has 1 saturated heterocycles. The van der Waals surface area contributed by atoms with Crippen LogP contribution in [-0.4, -0.2) is 73.9 Å². The number of carbonyl (C=O) groups excluding carboxylic acids is 4. The normalized spacial score (nSPS) is 20.0. The van der Waals surface area contributed by atoms with E-state index >= 15 is 0 Å². The van der Waals surface area contributed by atoms with Gasteiger partial charge in [-0.15, -0.1) is 0 Å². The van der Waals surface area contributed by atoms with Crippen molar-refractivity contribution < 1.29 is 29.0 Å². The maximum Gasteiger partial charge on any atom is 0.325 e. The number of amides is 3.